The lowest BCUT2D eigenvalue weighted by Gasteiger charge is -2.22. The average Bonchev–Trinajstić information content (AvgIpc) is 2.99. The molecule has 2 aromatic rings. The molecule has 0 aromatic carbocycles. The number of nitrogens with one attached hydrogen (secondary N) is 3. The first-order valence-corrected chi connectivity index (χ1v) is 8.94. The Hall–Kier alpha value is -1.90. The lowest BCUT2D eigenvalue weighted by molar-refractivity contribution is 0.209. The van der Waals surface area contributed by atoms with Crippen LogP contribution in [0.5, 0.6) is 5.88 Å². The van der Waals surface area contributed by atoms with Crippen molar-refractivity contribution in [2.45, 2.75) is 12.8 Å². The van der Waals surface area contributed by atoms with Crippen molar-refractivity contribution >= 4 is 40.6 Å². The molecule has 0 spiro atoms. The molecule has 1 aliphatic rings. The molecule has 0 atom stereocenters. The van der Waals surface area contributed by atoms with Crippen LogP contribution in [0.1, 0.15) is 12.8 Å². The van der Waals surface area contributed by atoms with Gasteiger partial charge in [-0.3, -0.25) is 10.6 Å². The van der Waals surface area contributed by atoms with Gasteiger partial charge in [0.05, 0.1) is 6.61 Å². The van der Waals surface area contributed by atoms with E-state index in [1.54, 1.807) is 23.6 Å². The number of rotatable bonds is 5. The summed E-state index contributed by atoms with van der Waals surface area (Å²) < 4.78 is 6.12. The molecule has 0 unspecified atom stereocenters. The summed E-state index contributed by atoms with van der Waals surface area (Å²) in [6, 6.07) is 4.84. The molecule has 9 heteroatoms. The van der Waals surface area contributed by atoms with E-state index >= 15 is 0 Å². The number of anilines is 2. The summed E-state index contributed by atoms with van der Waals surface area (Å²) >= 11 is 6.97. The summed E-state index contributed by atoms with van der Waals surface area (Å²) in [5.41, 5.74) is 0. The molecule has 1 fully saturated rings. The van der Waals surface area contributed by atoms with Crippen LogP contribution in [0.15, 0.2) is 23.6 Å². The van der Waals surface area contributed by atoms with Gasteiger partial charge in [0.2, 0.25) is 5.88 Å². The predicted octanol–water partition coefficient (Wildman–Crippen LogP) is 3.21. The monoisotopic (exact) mass is 367 g/mol. The van der Waals surface area contributed by atoms with Crippen molar-refractivity contribution in [2.24, 2.45) is 5.92 Å². The van der Waals surface area contributed by atoms with Crippen LogP contribution in [0.3, 0.4) is 0 Å². The van der Waals surface area contributed by atoms with Gasteiger partial charge < -0.3 is 10.1 Å². The molecule has 0 radical (unpaired) electrons. The maximum Gasteiger partial charge on any atom is 0.326 e. The number of pyridine rings is 1. The Morgan fingerprint density at radius 3 is 2.83 bits per heavy atom. The molecule has 128 valence electrons. The molecule has 3 N–H and O–H groups in total. The van der Waals surface area contributed by atoms with E-state index < -0.39 is 6.03 Å². The highest BCUT2D eigenvalue weighted by Crippen LogP contribution is 2.19. The Kier molecular flexibility index (Phi) is 5.84. The van der Waals surface area contributed by atoms with Crippen LogP contribution in [0.2, 0.25) is 4.47 Å². The lowest BCUT2D eigenvalue weighted by Crippen LogP contribution is -2.30. The van der Waals surface area contributed by atoms with Crippen molar-refractivity contribution in [1.29, 1.82) is 0 Å². The standard InChI is InChI=1S/C15H18ClN5O2S/c16-14-19-12(9-24-14)21-15(22)20-11-2-1-3-13(18-11)23-8-10-4-6-17-7-5-10/h1-3,9-10,17H,4-8H2,(H2,18,20,21,22). The van der Waals surface area contributed by atoms with E-state index in [1.165, 1.54) is 11.3 Å². The number of carbonyl (C=O) groups excluding carboxylic acids is 1. The second-order valence-electron chi connectivity index (χ2n) is 5.43. The first kappa shape index (κ1) is 16.9. The highest BCUT2D eigenvalue weighted by molar-refractivity contribution is 7.14. The predicted molar refractivity (Wildman–Crippen MR) is 95.1 cm³/mol. The van der Waals surface area contributed by atoms with Crippen molar-refractivity contribution in [3.63, 3.8) is 0 Å². The van der Waals surface area contributed by atoms with Crippen LogP contribution in [0, 0.1) is 5.92 Å². The topological polar surface area (TPSA) is 88.2 Å². The fourth-order valence-corrected chi connectivity index (χ4v) is 3.09. The summed E-state index contributed by atoms with van der Waals surface area (Å²) in [4.78, 5) is 20.2. The molecular formula is C15H18ClN5O2S. The number of hydrogen-bond acceptors (Lipinski definition) is 6. The lowest BCUT2D eigenvalue weighted by atomic mass is 9.99. The highest BCUT2D eigenvalue weighted by atomic mass is 35.5. The summed E-state index contributed by atoms with van der Waals surface area (Å²) in [5.74, 6) is 1.86. The van der Waals surface area contributed by atoms with Gasteiger partial charge in [0.15, 0.2) is 4.47 Å². The smallest absolute Gasteiger partial charge is 0.326 e. The van der Waals surface area contributed by atoms with Crippen molar-refractivity contribution in [2.75, 3.05) is 30.3 Å². The molecule has 7 nitrogen and oxygen atoms in total. The molecule has 3 rings (SSSR count). The average molecular weight is 368 g/mol. The minimum Gasteiger partial charge on any atom is -0.477 e. The Balaban J connectivity index is 1.51. The normalized spacial score (nSPS) is 15.0. The number of amides is 2. The first-order chi connectivity index (χ1) is 11.7. The van der Waals surface area contributed by atoms with Crippen LogP contribution < -0.4 is 20.7 Å². The number of aromatic nitrogens is 2. The number of nitrogens with zero attached hydrogens (tertiary/aromatic N) is 2. The van der Waals surface area contributed by atoms with E-state index in [0.717, 1.165) is 25.9 Å². The van der Waals surface area contributed by atoms with Crippen molar-refractivity contribution in [1.82, 2.24) is 15.3 Å². The third-order valence-electron chi connectivity index (χ3n) is 3.61. The second kappa shape index (κ2) is 8.27. The summed E-state index contributed by atoms with van der Waals surface area (Å²) in [5, 5.41) is 10.2. The van der Waals surface area contributed by atoms with E-state index in [2.05, 4.69) is 25.9 Å². The van der Waals surface area contributed by atoms with Crippen LogP contribution in [0.4, 0.5) is 16.4 Å². The fourth-order valence-electron chi connectivity index (χ4n) is 2.39. The SMILES string of the molecule is O=C(Nc1cccc(OCC2CCNCC2)n1)Nc1csc(Cl)n1. The second-order valence-corrected chi connectivity index (χ2v) is 6.87. The van der Waals surface area contributed by atoms with Gasteiger partial charge in [0, 0.05) is 11.4 Å². The summed E-state index contributed by atoms with van der Waals surface area (Å²) in [7, 11) is 0. The molecule has 24 heavy (non-hydrogen) atoms. The molecule has 0 saturated carbocycles. The zero-order chi connectivity index (χ0) is 16.8. The number of thiazole rings is 1. The first-order valence-electron chi connectivity index (χ1n) is 7.68. The third-order valence-corrected chi connectivity index (χ3v) is 4.59. The number of hydrogen-bond donors (Lipinski definition) is 3. The van der Waals surface area contributed by atoms with Gasteiger partial charge in [-0.25, -0.2) is 9.78 Å². The zero-order valence-corrected chi connectivity index (χ0v) is 14.5. The number of ether oxygens (including phenoxy) is 1. The van der Waals surface area contributed by atoms with Gasteiger partial charge in [0.25, 0.3) is 0 Å². The van der Waals surface area contributed by atoms with Gasteiger partial charge in [-0.05, 0) is 37.9 Å². The minimum absolute atomic E-state index is 0.372. The molecular weight excluding hydrogens is 350 g/mol. The fraction of sp³-hybridized carbons (Fsp3) is 0.400. The number of carbonyl (C=O) groups is 1. The Morgan fingerprint density at radius 1 is 1.29 bits per heavy atom. The Labute approximate surface area is 148 Å². The maximum atomic E-state index is 11.9. The molecule has 1 saturated heterocycles. The van der Waals surface area contributed by atoms with E-state index in [1.807, 2.05) is 0 Å². The zero-order valence-electron chi connectivity index (χ0n) is 12.9. The molecule has 3 heterocycles. The third kappa shape index (κ3) is 5.05. The molecule has 0 aliphatic carbocycles. The molecule has 2 aromatic heterocycles. The van der Waals surface area contributed by atoms with Gasteiger partial charge in [-0.2, -0.15) is 4.98 Å². The number of piperidine rings is 1. The van der Waals surface area contributed by atoms with E-state index in [4.69, 9.17) is 16.3 Å². The van der Waals surface area contributed by atoms with Crippen molar-refractivity contribution in [3.8, 4) is 5.88 Å². The maximum absolute atomic E-state index is 11.9. The minimum atomic E-state index is -0.431. The number of halogens is 1. The summed E-state index contributed by atoms with van der Waals surface area (Å²) in [6.07, 6.45) is 2.22. The van der Waals surface area contributed by atoms with Crippen molar-refractivity contribution in [3.05, 3.63) is 28.0 Å². The number of urea groups is 1. The van der Waals surface area contributed by atoms with Crippen LogP contribution >= 0.6 is 22.9 Å². The van der Waals surface area contributed by atoms with Gasteiger partial charge in [-0.1, -0.05) is 17.7 Å². The van der Waals surface area contributed by atoms with E-state index in [9.17, 15) is 4.79 Å². The van der Waals surface area contributed by atoms with Gasteiger partial charge >= 0.3 is 6.03 Å². The van der Waals surface area contributed by atoms with E-state index in [-0.39, 0.29) is 0 Å². The van der Waals surface area contributed by atoms with Gasteiger partial charge in [0.1, 0.15) is 11.6 Å². The highest BCUT2D eigenvalue weighted by Gasteiger charge is 2.14. The van der Waals surface area contributed by atoms with Crippen molar-refractivity contribution < 1.29 is 9.53 Å². The largest absolute Gasteiger partial charge is 0.477 e. The quantitative estimate of drug-likeness (QED) is 0.755. The molecule has 1 aliphatic heterocycles. The summed E-state index contributed by atoms with van der Waals surface area (Å²) in [6.45, 7) is 2.70. The van der Waals surface area contributed by atoms with Crippen LogP contribution in [-0.4, -0.2) is 35.7 Å². The van der Waals surface area contributed by atoms with Gasteiger partial charge in [-0.15, -0.1) is 11.3 Å². The molecule has 2 amide bonds. The Bertz CT molecular complexity index is 690. The van der Waals surface area contributed by atoms with Crippen LogP contribution in [-0.2, 0) is 0 Å². The molecule has 0 bridgehead atoms. The Morgan fingerprint density at radius 2 is 2.08 bits per heavy atom. The van der Waals surface area contributed by atoms with E-state index in [0.29, 0.717) is 34.5 Å². The van der Waals surface area contributed by atoms with Crippen LogP contribution in [0.25, 0.3) is 0 Å².